The third-order valence-electron chi connectivity index (χ3n) is 4.58. The highest BCUT2D eigenvalue weighted by Crippen LogP contribution is 2.11. The molecule has 148 valence electrons. The van der Waals surface area contributed by atoms with Gasteiger partial charge in [-0.3, -0.25) is 4.90 Å². The van der Waals surface area contributed by atoms with E-state index in [1.165, 1.54) is 17.5 Å². The lowest BCUT2D eigenvalue weighted by atomic mass is 10.1. The quantitative estimate of drug-likeness (QED) is 0.328. The van der Waals surface area contributed by atoms with E-state index in [4.69, 9.17) is 9.73 Å². The lowest BCUT2D eigenvalue weighted by Crippen LogP contribution is -2.41. The van der Waals surface area contributed by atoms with E-state index in [1.807, 2.05) is 0 Å². The third-order valence-corrected chi connectivity index (χ3v) is 4.58. The maximum atomic E-state index is 5.67. The normalized spacial score (nSPS) is 17.2. The van der Waals surface area contributed by atoms with Crippen molar-refractivity contribution in [2.24, 2.45) is 4.99 Å². The second-order valence-electron chi connectivity index (χ2n) is 6.49. The van der Waals surface area contributed by atoms with Gasteiger partial charge in [-0.25, -0.2) is 4.99 Å². The maximum Gasteiger partial charge on any atom is 0.191 e. The van der Waals surface area contributed by atoms with Gasteiger partial charge in [0.2, 0.25) is 0 Å². The summed E-state index contributed by atoms with van der Waals surface area (Å²) >= 11 is 0. The zero-order chi connectivity index (χ0) is 17.9. The van der Waals surface area contributed by atoms with Gasteiger partial charge in [0.1, 0.15) is 0 Å². The van der Waals surface area contributed by atoms with Gasteiger partial charge < -0.3 is 15.4 Å². The van der Waals surface area contributed by atoms with Crippen LogP contribution in [0.2, 0.25) is 0 Å². The molecule has 0 saturated carbocycles. The van der Waals surface area contributed by atoms with Crippen molar-refractivity contribution in [3.05, 3.63) is 35.4 Å². The van der Waals surface area contributed by atoms with Gasteiger partial charge in [0.25, 0.3) is 0 Å². The van der Waals surface area contributed by atoms with Gasteiger partial charge in [0, 0.05) is 26.2 Å². The zero-order valence-corrected chi connectivity index (χ0v) is 18.8. The first kappa shape index (κ1) is 23.2. The Morgan fingerprint density at radius 3 is 2.62 bits per heavy atom. The Morgan fingerprint density at radius 1 is 1.19 bits per heavy atom. The van der Waals surface area contributed by atoms with Gasteiger partial charge in [-0.05, 0) is 44.0 Å². The molecule has 0 spiro atoms. The first-order chi connectivity index (χ1) is 12.2. The van der Waals surface area contributed by atoms with Gasteiger partial charge in [-0.1, -0.05) is 38.1 Å². The summed E-state index contributed by atoms with van der Waals surface area (Å²) in [4.78, 5) is 7.16. The van der Waals surface area contributed by atoms with Crippen LogP contribution >= 0.6 is 24.0 Å². The number of ether oxygens (including phenoxy) is 1. The molecule has 0 amide bonds. The summed E-state index contributed by atoms with van der Waals surface area (Å²) in [5.41, 5.74) is 2.60. The Hall–Kier alpha value is -0.860. The molecule has 1 saturated heterocycles. The molecule has 1 atom stereocenters. The number of hydrogen-bond acceptors (Lipinski definition) is 3. The Kier molecular flexibility index (Phi) is 11.9. The number of rotatable bonds is 9. The fourth-order valence-electron chi connectivity index (χ4n) is 3.06. The molecular formula is C20H35IN4O. The number of aliphatic imine (C=N–C) groups is 1. The minimum Gasteiger partial charge on any atom is -0.376 e. The number of halogens is 1. The molecule has 5 nitrogen and oxygen atoms in total. The van der Waals surface area contributed by atoms with E-state index in [0.29, 0.717) is 12.6 Å². The number of guanidine groups is 1. The summed E-state index contributed by atoms with van der Waals surface area (Å²) in [6.07, 6.45) is 2.63. The molecular weight excluding hydrogens is 439 g/mol. The van der Waals surface area contributed by atoms with Gasteiger partial charge >= 0.3 is 0 Å². The summed E-state index contributed by atoms with van der Waals surface area (Å²) in [5.74, 6) is 0.868. The number of nitrogens with zero attached hydrogens (tertiary/aromatic N) is 2. The van der Waals surface area contributed by atoms with Crippen molar-refractivity contribution in [1.82, 2.24) is 15.5 Å². The van der Waals surface area contributed by atoms with Crippen LogP contribution in [-0.4, -0.2) is 49.7 Å². The largest absolute Gasteiger partial charge is 0.376 e. The predicted molar refractivity (Wildman–Crippen MR) is 120 cm³/mol. The lowest BCUT2D eigenvalue weighted by Gasteiger charge is -2.18. The van der Waals surface area contributed by atoms with Gasteiger partial charge in [0.15, 0.2) is 5.96 Å². The highest BCUT2D eigenvalue weighted by Gasteiger charge is 2.15. The highest BCUT2D eigenvalue weighted by atomic mass is 127. The van der Waals surface area contributed by atoms with E-state index in [9.17, 15) is 0 Å². The second-order valence-corrected chi connectivity index (χ2v) is 6.49. The molecule has 1 aliphatic rings. The molecule has 0 aliphatic carbocycles. The van der Waals surface area contributed by atoms with Gasteiger partial charge in [-0.2, -0.15) is 0 Å². The standard InChI is InChI=1S/C20H34N4O.HI/c1-4-21-20(23-15-19-11-8-12-25-19)22-14-17-9-7-10-18(13-17)16-24(5-2)6-3;/h7,9-10,13,19H,4-6,8,11-12,14-16H2,1-3H3,(H2,21,22,23);1H. The van der Waals surface area contributed by atoms with E-state index in [2.05, 4.69) is 60.6 Å². The maximum absolute atomic E-state index is 5.67. The van der Waals surface area contributed by atoms with E-state index >= 15 is 0 Å². The van der Waals surface area contributed by atoms with Crippen LogP contribution in [0.4, 0.5) is 0 Å². The summed E-state index contributed by atoms with van der Waals surface area (Å²) < 4.78 is 5.67. The number of benzene rings is 1. The van der Waals surface area contributed by atoms with Crippen LogP contribution in [0.15, 0.2) is 29.3 Å². The van der Waals surface area contributed by atoms with Crippen LogP contribution in [0, 0.1) is 0 Å². The monoisotopic (exact) mass is 474 g/mol. The van der Waals surface area contributed by atoms with Crippen LogP contribution in [0.25, 0.3) is 0 Å². The Bertz CT molecular complexity index is 528. The first-order valence-electron chi connectivity index (χ1n) is 9.69. The zero-order valence-electron chi connectivity index (χ0n) is 16.5. The smallest absolute Gasteiger partial charge is 0.191 e. The lowest BCUT2D eigenvalue weighted by molar-refractivity contribution is 0.114. The molecule has 6 heteroatoms. The van der Waals surface area contributed by atoms with Crippen LogP contribution in [-0.2, 0) is 17.8 Å². The van der Waals surface area contributed by atoms with Crippen LogP contribution in [0.1, 0.15) is 44.7 Å². The summed E-state index contributed by atoms with van der Waals surface area (Å²) in [7, 11) is 0. The number of hydrogen-bond donors (Lipinski definition) is 2. The average molecular weight is 474 g/mol. The van der Waals surface area contributed by atoms with Crippen molar-refractivity contribution in [1.29, 1.82) is 0 Å². The van der Waals surface area contributed by atoms with E-state index < -0.39 is 0 Å². The fourth-order valence-corrected chi connectivity index (χ4v) is 3.06. The Labute approximate surface area is 176 Å². The molecule has 0 aromatic heterocycles. The minimum atomic E-state index is 0. The molecule has 1 unspecified atom stereocenters. The van der Waals surface area contributed by atoms with Crippen LogP contribution in [0.5, 0.6) is 0 Å². The Balaban J connectivity index is 0.00000338. The first-order valence-corrected chi connectivity index (χ1v) is 9.69. The van der Waals surface area contributed by atoms with Crippen molar-refractivity contribution in [2.75, 3.05) is 32.8 Å². The van der Waals surface area contributed by atoms with Crippen molar-refractivity contribution >= 4 is 29.9 Å². The molecule has 2 rings (SSSR count). The highest BCUT2D eigenvalue weighted by molar-refractivity contribution is 14.0. The Morgan fingerprint density at radius 2 is 1.96 bits per heavy atom. The van der Waals surface area contributed by atoms with E-state index in [-0.39, 0.29) is 24.0 Å². The molecule has 1 heterocycles. The summed E-state index contributed by atoms with van der Waals surface area (Å²) in [6, 6.07) is 8.76. The third kappa shape index (κ3) is 8.22. The van der Waals surface area contributed by atoms with Gasteiger partial charge in [0.05, 0.1) is 12.6 Å². The van der Waals surface area contributed by atoms with Crippen molar-refractivity contribution < 1.29 is 4.74 Å². The molecule has 1 aromatic rings. The average Bonchev–Trinajstić information content (AvgIpc) is 3.16. The topological polar surface area (TPSA) is 48.9 Å². The molecule has 0 bridgehead atoms. The van der Waals surface area contributed by atoms with Gasteiger partial charge in [-0.15, -0.1) is 24.0 Å². The van der Waals surface area contributed by atoms with Crippen LogP contribution in [0.3, 0.4) is 0 Å². The minimum absolute atomic E-state index is 0. The molecule has 2 N–H and O–H groups in total. The SMILES string of the molecule is CCNC(=NCc1cccc(CN(CC)CC)c1)NCC1CCCO1.I. The fraction of sp³-hybridized carbons (Fsp3) is 0.650. The molecule has 1 fully saturated rings. The van der Waals surface area contributed by atoms with Crippen LogP contribution < -0.4 is 10.6 Å². The second kappa shape index (κ2) is 13.3. The van der Waals surface area contributed by atoms with Crippen molar-refractivity contribution in [3.63, 3.8) is 0 Å². The molecule has 0 radical (unpaired) electrons. The molecule has 1 aliphatic heterocycles. The predicted octanol–water partition coefficient (Wildman–Crippen LogP) is 3.38. The van der Waals surface area contributed by atoms with Crippen molar-refractivity contribution in [3.8, 4) is 0 Å². The molecule has 1 aromatic carbocycles. The van der Waals surface area contributed by atoms with E-state index in [1.54, 1.807) is 0 Å². The molecule has 26 heavy (non-hydrogen) atoms. The van der Waals surface area contributed by atoms with Crippen molar-refractivity contribution in [2.45, 2.75) is 52.8 Å². The summed E-state index contributed by atoms with van der Waals surface area (Å²) in [5, 5.41) is 6.72. The van der Waals surface area contributed by atoms with E-state index in [0.717, 1.165) is 51.7 Å². The summed E-state index contributed by atoms with van der Waals surface area (Å²) in [6.45, 7) is 12.9. The number of nitrogens with one attached hydrogen (secondary N) is 2.